The Hall–Kier alpha value is -1.46. The number of amides is 4. The van der Waals surface area contributed by atoms with E-state index in [2.05, 4.69) is 48.6 Å². The molecule has 18 heavy (non-hydrogen) atoms. The standard InChI is InChI=1S/C12H24N4O2/c1-9(2)5-7-13-11(17)15-16-12(18)14-8-6-10(3)4/h9-10H,5-8H2,1-4H3,(H,13,17)(H,14,18)/b16-15+. The Morgan fingerprint density at radius 1 is 0.833 bits per heavy atom. The second kappa shape index (κ2) is 9.56. The summed E-state index contributed by atoms with van der Waals surface area (Å²) in [5.41, 5.74) is 0. The molecule has 0 saturated heterocycles. The molecule has 6 nitrogen and oxygen atoms in total. The molecule has 104 valence electrons. The minimum atomic E-state index is -0.574. The van der Waals surface area contributed by atoms with Gasteiger partial charge in [0.05, 0.1) is 0 Å². The zero-order chi connectivity index (χ0) is 14.0. The van der Waals surface area contributed by atoms with Gasteiger partial charge in [0.15, 0.2) is 0 Å². The van der Waals surface area contributed by atoms with Gasteiger partial charge in [-0.1, -0.05) is 37.9 Å². The molecule has 4 amide bonds. The van der Waals surface area contributed by atoms with Crippen molar-refractivity contribution in [2.45, 2.75) is 40.5 Å². The van der Waals surface area contributed by atoms with E-state index in [1.807, 2.05) is 0 Å². The number of azo groups is 1. The number of hydrogen-bond donors (Lipinski definition) is 2. The van der Waals surface area contributed by atoms with Crippen LogP contribution in [0.2, 0.25) is 0 Å². The summed E-state index contributed by atoms with van der Waals surface area (Å²) in [4.78, 5) is 22.3. The number of nitrogens with one attached hydrogen (secondary N) is 2. The van der Waals surface area contributed by atoms with E-state index in [1.54, 1.807) is 0 Å². The summed E-state index contributed by atoms with van der Waals surface area (Å²) in [7, 11) is 0. The summed E-state index contributed by atoms with van der Waals surface area (Å²) in [5, 5.41) is 11.7. The van der Waals surface area contributed by atoms with Gasteiger partial charge >= 0.3 is 12.1 Å². The Morgan fingerprint density at radius 3 is 1.44 bits per heavy atom. The largest absolute Gasteiger partial charge is 0.359 e. The fourth-order valence-corrected chi connectivity index (χ4v) is 1.10. The Morgan fingerprint density at radius 2 is 1.17 bits per heavy atom. The molecule has 0 fully saturated rings. The van der Waals surface area contributed by atoms with Crippen molar-refractivity contribution in [1.29, 1.82) is 0 Å². The second-order valence-electron chi connectivity index (χ2n) is 5.03. The lowest BCUT2D eigenvalue weighted by Crippen LogP contribution is -2.24. The molecular weight excluding hydrogens is 232 g/mol. The van der Waals surface area contributed by atoms with Gasteiger partial charge in [0.1, 0.15) is 0 Å². The molecular formula is C12H24N4O2. The van der Waals surface area contributed by atoms with Crippen LogP contribution >= 0.6 is 0 Å². The number of urea groups is 2. The first-order valence-electron chi connectivity index (χ1n) is 6.39. The zero-order valence-electron chi connectivity index (χ0n) is 11.7. The average Bonchev–Trinajstić information content (AvgIpc) is 2.25. The minimum Gasteiger partial charge on any atom is -0.335 e. The summed E-state index contributed by atoms with van der Waals surface area (Å²) in [6.45, 7) is 9.35. The van der Waals surface area contributed by atoms with Crippen molar-refractivity contribution in [3.63, 3.8) is 0 Å². The predicted molar refractivity (Wildman–Crippen MR) is 70.6 cm³/mol. The number of carbonyl (C=O) groups is 2. The van der Waals surface area contributed by atoms with Crippen molar-refractivity contribution in [3.8, 4) is 0 Å². The second-order valence-corrected chi connectivity index (χ2v) is 5.03. The van der Waals surface area contributed by atoms with Crippen LogP contribution in [-0.4, -0.2) is 25.2 Å². The van der Waals surface area contributed by atoms with Gasteiger partial charge in [0.2, 0.25) is 0 Å². The van der Waals surface area contributed by atoms with Crippen molar-refractivity contribution in [3.05, 3.63) is 0 Å². The van der Waals surface area contributed by atoms with E-state index in [-0.39, 0.29) is 0 Å². The van der Waals surface area contributed by atoms with Gasteiger partial charge in [-0.3, -0.25) is 0 Å². The van der Waals surface area contributed by atoms with Crippen LogP contribution in [0.3, 0.4) is 0 Å². The molecule has 0 radical (unpaired) electrons. The van der Waals surface area contributed by atoms with Crippen LogP contribution in [0.4, 0.5) is 9.59 Å². The first-order valence-corrected chi connectivity index (χ1v) is 6.39. The maximum atomic E-state index is 11.2. The molecule has 0 bridgehead atoms. The van der Waals surface area contributed by atoms with Crippen LogP contribution in [0.5, 0.6) is 0 Å². The van der Waals surface area contributed by atoms with Gasteiger partial charge in [-0.15, -0.1) is 0 Å². The Kier molecular flexibility index (Phi) is 8.78. The van der Waals surface area contributed by atoms with E-state index in [1.165, 1.54) is 0 Å². The maximum absolute atomic E-state index is 11.2. The lowest BCUT2D eigenvalue weighted by Gasteiger charge is -2.04. The van der Waals surface area contributed by atoms with Crippen LogP contribution in [0.25, 0.3) is 0 Å². The van der Waals surface area contributed by atoms with Crippen LogP contribution < -0.4 is 10.6 Å². The lowest BCUT2D eigenvalue weighted by molar-refractivity contribution is 0.240. The first-order chi connectivity index (χ1) is 8.41. The van der Waals surface area contributed by atoms with Gasteiger partial charge in [-0.25, -0.2) is 9.59 Å². The highest BCUT2D eigenvalue weighted by molar-refractivity contribution is 5.79. The number of carbonyl (C=O) groups excluding carboxylic acids is 2. The summed E-state index contributed by atoms with van der Waals surface area (Å²) in [6.07, 6.45) is 1.75. The number of rotatable bonds is 6. The van der Waals surface area contributed by atoms with Crippen molar-refractivity contribution in [1.82, 2.24) is 10.6 Å². The number of nitrogens with zero attached hydrogens (tertiary/aromatic N) is 2. The van der Waals surface area contributed by atoms with Crippen LogP contribution in [0.1, 0.15) is 40.5 Å². The van der Waals surface area contributed by atoms with Crippen molar-refractivity contribution in [2.24, 2.45) is 22.1 Å². The highest BCUT2D eigenvalue weighted by atomic mass is 16.2. The first kappa shape index (κ1) is 16.5. The van der Waals surface area contributed by atoms with Crippen LogP contribution in [0, 0.1) is 11.8 Å². The molecule has 0 atom stereocenters. The molecule has 0 aliphatic heterocycles. The third-order valence-electron chi connectivity index (χ3n) is 2.23. The summed E-state index contributed by atoms with van der Waals surface area (Å²) in [5.74, 6) is 1.03. The highest BCUT2D eigenvalue weighted by Gasteiger charge is 2.02. The molecule has 0 saturated carbocycles. The van der Waals surface area contributed by atoms with Gasteiger partial charge in [-0.2, -0.15) is 0 Å². The molecule has 0 aromatic carbocycles. The number of hydrogen-bond acceptors (Lipinski definition) is 2. The Labute approximate surface area is 109 Å². The molecule has 6 heteroatoms. The topological polar surface area (TPSA) is 82.9 Å². The Balaban J connectivity index is 3.71. The predicted octanol–water partition coefficient (Wildman–Crippen LogP) is 2.95. The Bertz CT molecular complexity index is 260. The van der Waals surface area contributed by atoms with E-state index < -0.39 is 12.1 Å². The fourth-order valence-electron chi connectivity index (χ4n) is 1.10. The van der Waals surface area contributed by atoms with Gasteiger partial charge in [-0.05, 0) is 24.7 Å². The van der Waals surface area contributed by atoms with Crippen LogP contribution in [0.15, 0.2) is 10.2 Å². The lowest BCUT2D eigenvalue weighted by atomic mass is 10.1. The average molecular weight is 256 g/mol. The SMILES string of the molecule is CC(C)CCNC(=O)/N=N/C(=O)NCCC(C)C. The summed E-state index contributed by atoms with van der Waals surface area (Å²) in [6, 6.07) is -1.15. The third-order valence-corrected chi connectivity index (χ3v) is 2.23. The fraction of sp³-hybridized carbons (Fsp3) is 0.833. The molecule has 0 spiro atoms. The van der Waals surface area contributed by atoms with E-state index in [9.17, 15) is 9.59 Å². The van der Waals surface area contributed by atoms with E-state index >= 15 is 0 Å². The summed E-state index contributed by atoms with van der Waals surface area (Å²) < 4.78 is 0. The molecule has 2 N–H and O–H groups in total. The molecule has 0 rings (SSSR count). The minimum absolute atomic E-state index is 0.515. The van der Waals surface area contributed by atoms with E-state index in [4.69, 9.17) is 0 Å². The van der Waals surface area contributed by atoms with Crippen molar-refractivity contribution < 1.29 is 9.59 Å². The normalized spacial score (nSPS) is 11.2. The van der Waals surface area contributed by atoms with Gasteiger partial charge in [0, 0.05) is 13.1 Å². The molecule has 0 aliphatic rings. The van der Waals surface area contributed by atoms with E-state index in [0.29, 0.717) is 24.9 Å². The zero-order valence-corrected chi connectivity index (χ0v) is 11.7. The van der Waals surface area contributed by atoms with Gasteiger partial charge in [0.25, 0.3) is 0 Å². The monoisotopic (exact) mass is 256 g/mol. The van der Waals surface area contributed by atoms with Gasteiger partial charge < -0.3 is 10.6 Å². The van der Waals surface area contributed by atoms with Crippen molar-refractivity contribution >= 4 is 12.1 Å². The maximum Gasteiger partial charge on any atom is 0.359 e. The van der Waals surface area contributed by atoms with Crippen LogP contribution in [-0.2, 0) is 0 Å². The van der Waals surface area contributed by atoms with Crippen molar-refractivity contribution in [2.75, 3.05) is 13.1 Å². The molecule has 0 heterocycles. The third kappa shape index (κ3) is 11.0. The molecule has 0 aromatic heterocycles. The van der Waals surface area contributed by atoms with E-state index in [0.717, 1.165) is 12.8 Å². The smallest absolute Gasteiger partial charge is 0.335 e. The summed E-state index contributed by atoms with van der Waals surface area (Å²) >= 11 is 0. The molecule has 0 aromatic rings. The highest BCUT2D eigenvalue weighted by Crippen LogP contribution is 1.97. The molecule has 0 unspecified atom stereocenters. The quantitative estimate of drug-likeness (QED) is 0.716. The molecule has 0 aliphatic carbocycles.